The topological polar surface area (TPSA) is 107 Å². The largest absolute Gasteiger partial charge is 0.497 e. The zero-order valence-corrected chi connectivity index (χ0v) is 10.5. The monoisotopic (exact) mass is 277 g/mol. The lowest BCUT2D eigenvalue weighted by Crippen LogP contribution is -2.07. The van der Waals surface area contributed by atoms with Gasteiger partial charge in [-0.25, -0.2) is 4.79 Å². The number of hydrogen-bond acceptors (Lipinski definition) is 5. The van der Waals surface area contributed by atoms with Gasteiger partial charge in [-0.1, -0.05) is 17.2 Å². The van der Waals surface area contributed by atoms with Gasteiger partial charge in [-0.3, -0.25) is 0 Å². The standard InChI is InChI=1S/C12H11N3O5/c1-20-9-4-2-8(3-5-9)7-14-11(15(18)19)6-10(13-14)12(16)17/h2-6H,7H2,1H3,(H,16,17). The molecule has 0 aliphatic carbocycles. The predicted octanol–water partition coefficient (Wildman–Crippen LogP) is 1.55. The van der Waals surface area contributed by atoms with Gasteiger partial charge in [-0.15, -0.1) is 4.68 Å². The van der Waals surface area contributed by atoms with E-state index in [2.05, 4.69) is 5.10 Å². The first kappa shape index (κ1) is 13.5. The zero-order valence-electron chi connectivity index (χ0n) is 10.5. The van der Waals surface area contributed by atoms with Crippen molar-refractivity contribution in [2.75, 3.05) is 7.11 Å². The second kappa shape index (κ2) is 5.39. The normalized spacial score (nSPS) is 10.2. The summed E-state index contributed by atoms with van der Waals surface area (Å²) >= 11 is 0. The van der Waals surface area contributed by atoms with Gasteiger partial charge in [0.15, 0.2) is 5.69 Å². The summed E-state index contributed by atoms with van der Waals surface area (Å²) < 4.78 is 6.06. The average Bonchev–Trinajstić information content (AvgIpc) is 2.84. The molecule has 1 heterocycles. The van der Waals surface area contributed by atoms with Crippen molar-refractivity contribution in [1.82, 2.24) is 9.78 Å². The van der Waals surface area contributed by atoms with Crippen LogP contribution in [-0.4, -0.2) is 32.9 Å². The van der Waals surface area contributed by atoms with Crippen LogP contribution >= 0.6 is 0 Å². The van der Waals surface area contributed by atoms with Gasteiger partial charge in [0.2, 0.25) is 0 Å². The highest BCUT2D eigenvalue weighted by Gasteiger charge is 2.22. The van der Waals surface area contributed by atoms with Crippen LogP contribution in [0.3, 0.4) is 0 Å². The fourth-order valence-corrected chi connectivity index (χ4v) is 1.68. The van der Waals surface area contributed by atoms with E-state index in [1.54, 1.807) is 24.3 Å². The maximum absolute atomic E-state index is 10.9. The number of hydrogen-bond donors (Lipinski definition) is 1. The Kier molecular flexibility index (Phi) is 3.65. The van der Waals surface area contributed by atoms with Crippen LogP contribution < -0.4 is 4.74 Å². The number of rotatable bonds is 5. The SMILES string of the molecule is COc1ccc(Cn2nc(C(=O)O)cc2[N+](=O)[O-])cc1. The fourth-order valence-electron chi connectivity index (χ4n) is 1.68. The molecule has 0 unspecified atom stereocenters. The van der Waals surface area contributed by atoms with E-state index in [1.165, 1.54) is 7.11 Å². The van der Waals surface area contributed by atoms with E-state index in [0.29, 0.717) is 5.75 Å². The molecule has 0 aliphatic heterocycles. The van der Waals surface area contributed by atoms with Crippen LogP contribution in [0, 0.1) is 10.1 Å². The number of nitro groups is 1. The van der Waals surface area contributed by atoms with Crippen LogP contribution in [0.5, 0.6) is 5.75 Å². The summed E-state index contributed by atoms with van der Waals surface area (Å²) in [5.74, 6) is -1.00. The Hall–Kier alpha value is -2.90. The molecular formula is C12H11N3O5. The van der Waals surface area contributed by atoms with Gasteiger partial charge in [-0.05, 0) is 22.6 Å². The Balaban J connectivity index is 2.31. The van der Waals surface area contributed by atoms with Crippen molar-refractivity contribution >= 4 is 11.8 Å². The molecule has 0 saturated carbocycles. The Morgan fingerprint density at radius 3 is 2.60 bits per heavy atom. The summed E-state index contributed by atoms with van der Waals surface area (Å²) in [6.07, 6.45) is 0. The van der Waals surface area contributed by atoms with E-state index in [4.69, 9.17) is 9.84 Å². The minimum absolute atomic E-state index is 0.105. The lowest BCUT2D eigenvalue weighted by atomic mass is 10.2. The summed E-state index contributed by atoms with van der Waals surface area (Å²) in [4.78, 5) is 21.0. The van der Waals surface area contributed by atoms with Gasteiger partial charge in [0.25, 0.3) is 0 Å². The first-order valence-electron chi connectivity index (χ1n) is 5.59. The average molecular weight is 277 g/mol. The van der Waals surface area contributed by atoms with Gasteiger partial charge in [0, 0.05) is 0 Å². The highest BCUT2D eigenvalue weighted by Crippen LogP contribution is 2.17. The second-order valence-corrected chi connectivity index (χ2v) is 3.96. The molecule has 1 aromatic heterocycles. The first-order chi connectivity index (χ1) is 9.51. The highest BCUT2D eigenvalue weighted by atomic mass is 16.6. The molecule has 0 radical (unpaired) electrons. The molecule has 104 valence electrons. The minimum Gasteiger partial charge on any atom is -0.497 e. The molecule has 0 spiro atoms. The molecule has 8 nitrogen and oxygen atoms in total. The van der Waals surface area contributed by atoms with E-state index in [0.717, 1.165) is 16.3 Å². The summed E-state index contributed by atoms with van der Waals surface area (Å²) in [6, 6.07) is 7.81. The molecule has 0 saturated heterocycles. The predicted molar refractivity (Wildman–Crippen MR) is 67.9 cm³/mol. The molecule has 0 amide bonds. The molecule has 20 heavy (non-hydrogen) atoms. The maximum atomic E-state index is 10.9. The van der Waals surface area contributed by atoms with Crippen molar-refractivity contribution in [2.45, 2.75) is 6.54 Å². The number of nitrogens with zero attached hydrogens (tertiary/aromatic N) is 3. The molecule has 1 aromatic carbocycles. The van der Waals surface area contributed by atoms with Crippen molar-refractivity contribution in [1.29, 1.82) is 0 Å². The third-order valence-electron chi connectivity index (χ3n) is 2.66. The lowest BCUT2D eigenvalue weighted by Gasteiger charge is -2.02. The molecule has 0 fully saturated rings. The first-order valence-corrected chi connectivity index (χ1v) is 5.59. The smallest absolute Gasteiger partial charge is 0.358 e. The molecular weight excluding hydrogens is 266 g/mol. The Labute approximate surface area is 113 Å². The Bertz CT molecular complexity index is 648. The molecule has 2 aromatic rings. The second-order valence-electron chi connectivity index (χ2n) is 3.96. The van der Waals surface area contributed by atoms with Gasteiger partial charge >= 0.3 is 11.8 Å². The fraction of sp³-hybridized carbons (Fsp3) is 0.167. The molecule has 1 N–H and O–H groups in total. The van der Waals surface area contributed by atoms with Crippen molar-refractivity contribution in [3.63, 3.8) is 0 Å². The molecule has 0 bridgehead atoms. The summed E-state index contributed by atoms with van der Waals surface area (Å²) in [6.45, 7) is 0.105. The third-order valence-corrected chi connectivity index (χ3v) is 2.66. The van der Waals surface area contributed by atoms with Crippen LogP contribution in [-0.2, 0) is 6.54 Å². The van der Waals surface area contributed by atoms with E-state index in [9.17, 15) is 14.9 Å². The number of aromatic carboxylic acids is 1. The third kappa shape index (κ3) is 2.74. The maximum Gasteiger partial charge on any atom is 0.358 e. The van der Waals surface area contributed by atoms with E-state index >= 15 is 0 Å². The van der Waals surface area contributed by atoms with Gasteiger partial charge < -0.3 is 20.0 Å². The lowest BCUT2D eigenvalue weighted by molar-refractivity contribution is -0.392. The molecule has 2 rings (SSSR count). The van der Waals surface area contributed by atoms with E-state index in [-0.39, 0.29) is 18.1 Å². The summed E-state index contributed by atoms with van der Waals surface area (Å²) in [7, 11) is 1.53. The summed E-state index contributed by atoms with van der Waals surface area (Å²) in [5, 5.41) is 23.4. The van der Waals surface area contributed by atoms with Crippen molar-refractivity contribution in [3.05, 3.63) is 51.7 Å². The minimum atomic E-state index is -1.30. The van der Waals surface area contributed by atoms with Gasteiger partial charge in [0.1, 0.15) is 12.3 Å². The zero-order chi connectivity index (χ0) is 14.7. The van der Waals surface area contributed by atoms with Gasteiger partial charge in [0.05, 0.1) is 13.2 Å². The number of carboxylic acids is 1. The number of benzene rings is 1. The van der Waals surface area contributed by atoms with Crippen LogP contribution in [0.4, 0.5) is 5.82 Å². The molecule has 0 atom stereocenters. The van der Waals surface area contributed by atoms with Crippen LogP contribution in [0.25, 0.3) is 0 Å². The number of carboxylic acid groups (broad SMARTS) is 1. The van der Waals surface area contributed by atoms with Crippen molar-refractivity contribution in [2.24, 2.45) is 0 Å². The van der Waals surface area contributed by atoms with Crippen LogP contribution in [0.1, 0.15) is 16.1 Å². The quantitative estimate of drug-likeness (QED) is 0.656. The van der Waals surface area contributed by atoms with Crippen molar-refractivity contribution in [3.8, 4) is 5.75 Å². The Morgan fingerprint density at radius 2 is 2.10 bits per heavy atom. The molecule has 0 aliphatic rings. The Morgan fingerprint density at radius 1 is 1.45 bits per heavy atom. The van der Waals surface area contributed by atoms with E-state index < -0.39 is 10.9 Å². The highest BCUT2D eigenvalue weighted by molar-refractivity contribution is 5.85. The summed E-state index contributed by atoms with van der Waals surface area (Å²) in [5.41, 5.74) is 0.388. The van der Waals surface area contributed by atoms with Crippen LogP contribution in [0.2, 0.25) is 0 Å². The van der Waals surface area contributed by atoms with Crippen molar-refractivity contribution < 1.29 is 19.6 Å². The number of methoxy groups -OCH3 is 1. The van der Waals surface area contributed by atoms with Crippen LogP contribution in [0.15, 0.2) is 30.3 Å². The molecule has 8 heteroatoms. The number of aromatic nitrogens is 2. The van der Waals surface area contributed by atoms with E-state index in [1.807, 2.05) is 0 Å². The number of carbonyl (C=O) groups is 1. The van der Waals surface area contributed by atoms with Gasteiger partial charge in [-0.2, -0.15) is 0 Å². The number of ether oxygens (including phenoxy) is 1.